The molecule has 0 bridgehead atoms. The van der Waals surface area contributed by atoms with Crippen LogP contribution in [-0.4, -0.2) is 6.54 Å². The average molecular weight is 196 g/mol. The van der Waals surface area contributed by atoms with Crippen LogP contribution in [0.15, 0.2) is 18.2 Å². The van der Waals surface area contributed by atoms with E-state index in [9.17, 15) is 0 Å². The van der Waals surface area contributed by atoms with Gasteiger partial charge in [-0.1, -0.05) is 23.7 Å². The fraction of sp³-hybridized carbons (Fsp3) is 0.455. The molecular weight excluding hydrogens is 182 g/mol. The van der Waals surface area contributed by atoms with Gasteiger partial charge in [-0.05, 0) is 37.0 Å². The van der Waals surface area contributed by atoms with Crippen LogP contribution in [0.4, 0.5) is 0 Å². The molecule has 2 rings (SSSR count). The van der Waals surface area contributed by atoms with Crippen LogP contribution in [0.3, 0.4) is 0 Å². The van der Waals surface area contributed by atoms with Crippen molar-refractivity contribution in [3.63, 3.8) is 0 Å². The number of hydrogen-bond acceptors (Lipinski definition) is 1. The predicted molar refractivity (Wildman–Crippen MR) is 56.2 cm³/mol. The molecule has 0 unspecified atom stereocenters. The summed E-state index contributed by atoms with van der Waals surface area (Å²) in [5, 5.41) is 0.844. The Balaban J connectivity index is 2.37. The summed E-state index contributed by atoms with van der Waals surface area (Å²) < 4.78 is 0. The quantitative estimate of drug-likeness (QED) is 0.772. The van der Waals surface area contributed by atoms with Crippen molar-refractivity contribution in [2.24, 2.45) is 5.73 Å². The molecule has 0 saturated heterocycles. The minimum absolute atomic E-state index is 0.287. The summed E-state index contributed by atoms with van der Waals surface area (Å²) in [5.74, 6) is 0. The third-order valence-electron chi connectivity index (χ3n) is 3.01. The molecule has 0 radical (unpaired) electrons. The first-order valence-corrected chi connectivity index (χ1v) is 5.02. The Morgan fingerprint density at radius 3 is 2.62 bits per heavy atom. The number of benzene rings is 1. The second-order valence-electron chi connectivity index (χ2n) is 3.95. The highest BCUT2D eigenvalue weighted by Gasteiger charge is 2.42. The van der Waals surface area contributed by atoms with Gasteiger partial charge in [-0.3, -0.25) is 0 Å². The standard InChI is InChI=1S/C11H14ClN/c1-8-6-9(2-3-10(8)12)11(7-13)4-5-11/h2-3,6H,4-5,7,13H2,1H3. The van der Waals surface area contributed by atoms with E-state index >= 15 is 0 Å². The van der Waals surface area contributed by atoms with E-state index in [1.54, 1.807) is 0 Å². The molecule has 1 aliphatic carbocycles. The first kappa shape index (κ1) is 9.04. The summed E-state index contributed by atoms with van der Waals surface area (Å²) in [7, 11) is 0. The topological polar surface area (TPSA) is 26.0 Å². The van der Waals surface area contributed by atoms with E-state index in [1.807, 2.05) is 13.0 Å². The lowest BCUT2D eigenvalue weighted by molar-refractivity contribution is 0.704. The number of nitrogens with two attached hydrogens (primary N) is 1. The first-order chi connectivity index (χ1) is 6.18. The molecule has 1 aromatic rings. The Hall–Kier alpha value is -0.530. The molecule has 1 aromatic carbocycles. The van der Waals surface area contributed by atoms with Gasteiger partial charge in [0.15, 0.2) is 0 Å². The van der Waals surface area contributed by atoms with Crippen molar-refractivity contribution in [3.05, 3.63) is 34.3 Å². The van der Waals surface area contributed by atoms with E-state index in [0.29, 0.717) is 0 Å². The Kier molecular flexibility index (Phi) is 2.09. The van der Waals surface area contributed by atoms with Crippen LogP contribution in [0.25, 0.3) is 0 Å². The predicted octanol–water partition coefficient (Wildman–Crippen LogP) is 2.64. The van der Waals surface area contributed by atoms with Gasteiger partial charge in [-0.15, -0.1) is 0 Å². The molecule has 0 aromatic heterocycles. The zero-order chi connectivity index (χ0) is 9.47. The smallest absolute Gasteiger partial charge is 0.0435 e. The normalized spacial score (nSPS) is 18.7. The third-order valence-corrected chi connectivity index (χ3v) is 3.44. The van der Waals surface area contributed by atoms with Crippen LogP contribution in [0, 0.1) is 6.92 Å². The van der Waals surface area contributed by atoms with Gasteiger partial charge in [0.1, 0.15) is 0 Å². The lowest BCUT2D eigenvalue weighted by Crippen LogP contribution is -2.19. The van der Waals surface area contributed by atoms with Gasteiger partial charge in [0.05, 0.1) is 0 Å². The van der Waals surface area contributed by atoms with Crippen molar-refractivity contribution in [1.29, 1.82) is 0 Å². The second kappa shape index (κ2) is 3.00. The van der Waals surface area contributed by atoms with Crippen molar-refractivity contribution in [3.8, 4) is 0 Å². The molecule has 1 aliphatic rings. The Morgan fingerprint density at radius 1 is 1.46 bits per heavy atom. The highest BCUT2D eigenvalue weighted by Crippen LogP contribution is 2.47. The van der Waals surface area contributed by atoms with Crippen molar-refractivity contribution < 1.29 is 0 Å². The van der Waals surface area contributed by atoms with E-state index in [-0.39, 0.29) is 5.41 Å². The summed E-state index contributed by atoms with van der Waals surface area (Å²) in [6.07, 6.45) is 2.45. The summed E-state index contributed by atoms with van der Waals surface area (Å²) in [4.78, 5) is 0. The zero-order valence-electron chi connectivity index (χ0n) is 7.81. The van der Waals surface area contributed by atoms with E-state index in [2.05, 4.69) is 12.1 Å². The van der Waals surface area contributed by atoms with Gasteiger partial charge in [-0.25, -0.2) is 0 Å². The van der Waals surface area contributed by atoms with Crippen LogP contribution in [0.5, 0.6) is 0 Å². The molecule has 1 saturated carbocycles. The van der Waals surface area contributed by atoms with Gasteiger partial charge in [-0.2, -0.15) is 0 Å². The van der Waals surface area contributed by atoms with Crippen LogP contribution in [0.2, 0.25) is 5.02 Å². The fourth-order valence-electron chi connectivity index (χ4n) is 1.74. The first-order valence-electron chi connectivity index (χ1n) is 4.65. The maximum atomic E-state index is 5.96. The molecular formula is C11H14ClN. The van der Waals surface area contributed by atoms with Crippen LogP contribution in [0.1, 0.15) is 24.0 Å². The highest BCUT2D eigenvalue weighted by atomic mass is 35.5. The Morgan fingerprint density at radius 2 is 2.15 bits per heavy atom. The van der Waals surface area contributed by atoms with Crippen molar-refractivity contribution in [2.45, 2.75) is 25.2 Å². The minimum atomic E-state index is 0.287. The summed E-state index contributed by atoms with van der Waals surface area (Å²) in [6.45, 7) is 2.80. The molecule has 0 heterocycles. The molecule has 1 nitrogen and oxygen atoms in total. The number of hydrogen-bond donors (Lipinski definition) is 1. The van der Waals surface area contributed by atoms with Crippen molar-refractivity contribution in [1.82, 2.24) is 0 Å². The second-order valence-corrected chi connectivity index (χ2v) is 4.36. The van der Waals surface area contributed by atoms with Gasteiger partial charge in [0, 0.05) is 17.0 Å². The lowest BCUT2D eigenvalue weighted by atomic mass is 9.95. The van der Waals surface area contributed by atoms with Crippen LogP contribution in [-0.2, 0) is 5.41 Å². The van der Waals surface area contributed by atoms with Gasteiger partial charge in [0.25, 0.3) is 0 Å². The van der Waals surface area contributed by atoms with Crippen LogP contribution < -0.4 is 5.73 Å². The molecule has 13 heavy (non-hydrogen) atoms. The molecule has 70 valence electrons. The van der Waals surface area contributed by atoms with Crippen LogP contribution >= 0.6 is 11.6 Å². The largest absolute Gasteiger partial charge is 0.330 e. The monoisotopic (exact) mass is 195 g/mol. The van der Waals surface area contributed by atoms with E-state index in [4.69, 9.17) is 17.3 Å². The third kappa shape index (κ3) is 1.47. The minimum Gasteiger partial charge on any atom is -0.330 e. The fourth-order valence-corrected chi connectivity index (χ4v) is 1.85. The Labute approximate surface area is 83.9 Å². The van der Waals surface area contributed by atoms with Gasteiger partial charge in [0.2, 0.25) is 0 Å². The number of halogens is 1. The van der Waals surface area contributed by atoms with E-state index in [1.165, 1.54) is 18.4 Å². The maximum Gasteiger partial charge on any atom is 0.0435 e. The molecule has 1 fully saturated rings. The number of aryl methyl sites for hydroxylation is 1. The molecule has 0 amide bonds. The van der Waals surface area contributed by atoms with E-state index in [0.717, 1.165) is 17.1 Å². The maximum absolute atomic E-state index is 5.96. The van der Waals surface area contributed by atoms with Crippen molar-refractivity contribution in [2.75, 3.05) is 6.54 Å². The lowest BCUT2D eigenvalue weighted by Gasteiger charge is -2.13. The molecule has 0 atom stereocenters. The number of rotatable bonds is 2. The van der Waals surface area contributed by atoms with Gasteiger partial charge < -0.3 is 5.73 Å². The summed E-state index contributed by atoms with van der Waals surface area (Å²) >= 11 is 5.96. The average Bonchev–Trinajstić information content (AvgIpc) is 2.90. The Bertz CT molecular complexity index is 329. The molecule has 2 heteroatoms. The molecule has 0 spiro atoms. The highest BCUT2D eigenvalue weighted by molar-refractivity contribution is 6.31. The van der Waals surface area contributed by atoms with E-state index < -0.39 is 0 Å². The van der Waals surface area contributed by atoms with Gasteiger partial charge >= 0.3 is 0 Å². The zero-order valence-corrected chi connectivity index (χ0v) is 8.56. The summed E-state index contributed by atoms with van der Waals surface area (Å²) in [5.41, 5.74) is 8.55. The summed E-state index contributed by atoms with van der Waals surface area (Å²) in [6, 6.07) is 6.25. The van der Waals surface area contributed by atoms with Crippen molar-refractivity contribution >= 4 is 11.6 Å². The molecule has 0 aliphatic heterocycles. The molecule has 2 N–H and O–H groups in total. The SMILES string of the molecule is Cc1cc(C2(CN)CC2)ccc1Cl.